The van der Waals surface area contributed by atoms with Gasteiger partial charge < -0.3 is 30.2 Å². The minimum absolute atomic E-state index is 0.0683. The number of hydrogen-bond donors (Lipinski definition) is 3. The van der Waals surface area contributed by atoms with Crippen LogP contribution < -0.4 is 16.0 Å². The summed E-state index contributed by atoms with van der Waals surface area (Å²) in [4.78, 5) is 39.2. The zero-order chi connectivity index (χ0) is 27.8. The van der Waals surface area contributed by atoms with Crippen LogP contribution in [0.15, 0.2) is 26.2 Å². The molecular formula is C23H32Br3N7O5. The first kappa shape index (κ1) is 32.1. The largest absolute Gasteiger partial charge is 0.465 e. The molecule has 38 heavy (non-hydrogen) atoms. The van der Waals surface area contributed by atoms with Gasteiger partial charge in [0.1, 0.15) is 26.9 Å². The number of nitrogens with one attached hydrogen (secondary N) is 3. The van der Waals surface area contributed by atoms with Crippen molar-refractivity contribution in [2.24, 2.45) is 5.92 Å². The lowest BCUT2D eigenvalue weighted by atomic mass is 9.97. The van der Waals surface area contributed by atoms with Gasteiger partial charge in [0.05, 0.1) is 25.6 Å². The predicted octanol–water partition coefficient (Wildman–Crippen LogP) is 4.42. The van der Waals surface area contributed by atoms with Crippen molar-refractivity contribution in [3.8, 4) is 0 Å². The molecule has 0 bridgehead atoms. The molecule has 2 aromatic heterocycles. The molecule has 0 aliphatic carbocycles. The molecule has 0 aromatic carbocycles. The Morgan fingerprint density at radius 1 is 0.868 bits per heavy atom. The summed E-state index contributed by atoms with van der Waals surface area (Å²) in [6.07, 6.45) is 6.42. The third-order valence-corrected chi connectivity index (χ3v) is 6.36. The van der Waals surface area contributed by atoms with E-state index in [0.29, 0.717) is 50.4 Å². The van der Waals surface area contributed by atoms with Crippen molar-refractivity contribution in [3.05, 3.63) is 26.2 Å². The molecule has 1 saturated heterocycles. The lowest BCUT2D eigenvalue weighted by Crippen LogP contribution is -2.20. The van der Waals surface area contributed by atoms with Crippen LogP contribution in [-0.4, -0.2) is 77.9 Å². The smallest absolute Gasteiger partial charge is 0.325 e. The van der Waals surface area contributed by atoms with Gasteiger partial charge in [-0.05, 0) is 86.8 Å². The minimum atomic E-state index is -0.325. The van der Waals surface area contributed by atoms with E-state index in [1.54, 1.807) is 20.0 Å². The van der Waals surface area contributed by atoms with Crippen molar-refractivity contribution in [1.82, 2.24) is 19.9 Å². The fourth-order valence-electron chi connectivity index (χ4n) is 3.25. The Kier molecular flexibility index (Phi) is 15.4. The third kappa shape index (κ3) is 12.6. The van der Waals surface area contributed by atoms with E-state index in [1.165, 1.54) is 6.20 Å². The lowest BCUT2D eigenvalue weighted by molar-refractivity contribution is -0.141. The van der Waals surface area contributed by atoms with Crippen LogP contribution in [0.3, 0.4) is 0 Å². The van der Waals surface area contributed by atoms with Crippen LogP contribution in [0.25, 0.3) is 0 Å². The summed E-state index contributed by atoms with van der Waals surface area (Å²) in [5, 5.41) is 9.07. The van der Waals surface area contributed by atoms with Gasteiger partial charge in [-0.15, -0.1) is 0 Å². The molecule has 0 spiro atoms. The zero-order valence-electron chi connectivity index (χ0n) is 21.3. The van der Waals surface area contributed by atoms with Crippen LogP contribution in [0.2, 0.25) is 0 Å². The van der Waals surface area contributed by atoms with Gasteiger partial charge >= 0.3 is 11.9 Å². The van der Waals surface area contributed by atoms with Crippen molar-refractivity contribution < 1.29 is 23.8 Å². The molecule has 1 fully saturated rings. The summed E-state index contributed by atoms with van der Waals surface area (Å²) in [6, 6.07) is 0. The molecule has 0 unspecified atom stereocenters. The van der Waals surface area contributed by atoms with Gasteiger partial charge in [0.2, 0.25) is 0 Å². The van der Waals surface area contributed by atoms with E-state index in [-0.39, 0.29) is 25.0 Å². The van der Waals surface area contributed by atoms with E-state index in [1.807, 2.05) is 0 Å². The van der Waals surface area contributed by atoms with Crippen LogP contribution in [0, 0.1) is 5.92 Å². The van der Waals surface area contributed by atoms with E-state index < -0.39 is 0 Å². The maximum absolute atomic E-state index is 11.4. The van der Waals surface area contributed by atoms with Gasteiger partial charge in [-0.2, -0.15) is 0 Å². The molecule has 12 nitrogen and oxygen atoms in total. The van der Waals surface area contributed by atoms with Gasteiger partial charge in [-0.1, -0.05) is 0 Å². The summed E-state index contributed by atoms with van der Waals surface area (Å²) in [6.45, 7) is 6.93. The molecular weight excluding hydrogens is 694 g/mol. The quantitative estimate of drug-likeness (QED) is 0.266. The van der Waals surface area contributed by atoms with E-state index >= 15 is 0 Å². The molecule has 210 valence electrons. The van der Waals surface area contributed by atoms with Crippen molar-refractivity contribution in [2.75, 3.05) is 62.0 Å². The SMILES string of the molecule is CCOC(=O)CNc1ncc(Br)nc1Br.CCOC(=O)CNc1ncc(Br)nc1NCCC1CCOCC1. The van der Waals surface area contributed by atoms with Gasteiger partial charge in [-0.25, -0.2) is 19.9 Å². The molecule has 1 aliphatic heterocycles. The molecule has 2 aromatic rings. The third-order valence-electron chi connectivity index (χ3n) is 5.04. The first-order valence-electron chi connectivity index (χ1n) is 12.1. The molecule has 0 atom stereocenters. The standard InChI is InChI=1S/C15H23BrN4O3.C8H9Br2N3O2/c1-2-23-13(21)10-19-14-15(20-12(16)9-18-14)17-6-3-11-4-7-22-8-5-11;1-2-15-6(14)4-12-8-7(10)13-5(9)3-11-8/h9,11H,2-8,10H2,1H3,(H,17,20)(H,18,19);3H,2,4H2,1H3,(H,11,12). The van der Waals surface area contributed by atoms with E-state index in [9.17, 15) is 9.59 Å². The highest BCUT2D eigenvalue weighted by atomic mass is 79.9. The fraction of sp³-hybridized carbons (Fsp3) is 0.565. The number of nitrogens with zero attached hydrogens (tertiary/aromatic N) is 4. The second-order valence-electron chi connectivity index (χ2n) is 7.81. The summed E-state index contributed by atoms with van der Waals surface area (Å²) >= 11 is 9.72. The van der Waals surface area contributed by atoms with Gasteiger partial charge in [0, 0.05) is 19.8 Å². The van der Waals surface area contributed by atoms with Crippen LogP contribution in [-0.2, 0) is 23.8 Å². The summed E-state index contributed by atoms with van der Waals surface area (Å²) in [5.41, 5.74) is 0. The molecule has 0 saturated carbocycles. The number of aromatic nitrogens is 4. The summed E-state index contributed by atoms with van der Waals surface area (Å²) in [7, 11) is 0. The molecule has 3 N–H and O–H groups in total. The highest BCUT2D eigenvalue weighted by Crippen LogP contribution is 2.22. The zero-order valence-corrected chi connectivity index (χ0v) is 26.0. The number of rotatable bonds is 12. The van der Waals surface area contributed by atoms with Crippen LogP contribution in [0.5, 0.6) is 0 Å². The summed E-state index contributed by atoms with van der Waals surface area (Å²) in [5.74, 6) is 1.74. The van der Waals surface area contributed by atoms with Gasteiger partial charge in [0.25, 0.3) is 0 Å². The molecule has 15 heteroatoms. The molecule has 3 heterocycles. The Balaban J connectivity index is 0.000000293. The number of carbonyl (C=O) groups is 2. The van der Waals surface area contributed by atoms with Crippen molar-refractivity contribution >= 4 is 77.2 Å². The van der Waals surface area contributed by atoms with Gasteiger partial charge in [0.15, 0.2) is 17.5 Å². The first-order valence-corrected chi connectivity index (χ1v) is 14.5. The Hall–Kier alpha value is -2.10. The highest BCUT2D eigenvalue weighted by molar-refractivity contribution is 9.11. The number of carbonyl (C=O) groups excluding carboxylic acids is 2. The molecule has 3 rings (SSSR count). The second-order valence-corrected chi connectivity index (χ2v) is 10.2. The molecule has 0 amide bonds. The maximum atomic E-state index is 11.4. The Morgan fingerprint density at radius 3 is 2.00 bits per heavy atom. The average Bonchev–Trinajstić information content (AvgIpc) is 2.89. The minimum Gasteiger partial charge on any atom is -0.465 e. The van der Waals surface area contributed by atoms with Crippen molar-refractivity contribution in [1.29, 1.82) is 0 Å². The van der Waals surface area contributed by atoms with Crippen LogP contribution in [0.1, 0.15) is 33.1 Å². The lowest BCUT2D eigenvalue weighted by Gasteiger charge is -2.22. The molecule has 1 aliphatic rings. The van der Waals surface area contributed by atoms with Gasteiger partial charge in [-0.3, -0.25) is 9.59 Å². The average molecular weight is 726 g/mol. The van der Waals surface area contributed by atoms with Crippen LogP contribution in [0.4, 0.5) is 17.5 Å². The van der Waals surface area contributed by atoms with Crippen LogP contribution >= 0.6 is 47.8 Å². The highest BCUT2D eigenvalue weighted by Gasteiger charge is 2.14. The normalized spacial score (nSPS) is 13.1. The number of anilines is 3. The van der Waals surface area contributed by atoms with Crippen molar-refractivity contribution in [2.45, 2.75) is 33.1 Å². The number of hydrogen-bond acceptors (Lipinski definition) is 12. The topological polar surface area (TPSA) is 149 Å². The fourth-order valence-corrected chi connectivity index (χ4v) is 4.48. The number of esters is 2. The monoisotopic (exact) mass is 723 g/mol. The van der Waals surface area contributed by atoms with E-state index in [4.69, 9.17) is 14.2 Å². The summed E-state index contributed by atoms with van der Waals surface area (Å²) < 4.78 is 16.8. The maximum Gasteiger partial charge on any atom is 0.325 e. The van der Waals surface area contributed by atoms with E-state index in [2.05, 4.69) is 83.7 Å². The molecule has 0 radical (unpaired) electrons. The van der Waals surface area contributed by atoms with E-state index in [0.717, 1.165) is 39.0 Å². The number of halogens is 3. The first-order chi connectivity index (χ1) is 18.3. The Bertz CT molecular complexity index is 1030. The van der Waals surface area contributed by atoms with Crippen molar-refractivity contribution in [3.63, 3.8) is 0 Å². The number of ether oxygens (including phenoxy) is 3. The Morgan fingerprint density at radius 2 is 1.42 bits per heavy atom. The second kappa shape index (κ2) is 18.2. The predicted molar refractivity (Wildman–Crippen MR) is 154 cm³/mol. The Labute approximate surface area is 247 Å².